The van der Waals surface area contributed by atoms with Gasteiger partial charge in [-0.05, 0) is 62.5 Å². The van der Waals surface area contributed by atoms with Gasteiger partial charge in [0.15, 0.2) is 0 Å². The highest BCUT2D eigenvalue weighted by molar-refractivity contribution is 6.30. The predicted molar refractivity (Wildman–Crippen MR) is 103 cm³/mol. The van der Waals surface area contributed by atoms with Crippen LogP contribution in [0.5, 0.6) is 5.75 Å². The van der Waals surface area contributed by atoms with Gasteiger partial charge in [0.1, 0.15) is 12.4 Å². The number of likely N-dealkylation sites (N-methyl/N-ethyl adjacent to an activating group) is 1. The fourth-order valence-corrected chi connectivity index (χ4v) is 2.32. The Bertz CT molecular complexity index is 748. The molecular formula is C19H22ClN3O3. The largest absolute Gasteiger partial charge is 0.492 e. The molecule has 1 atom stereocenters. The number of halogens is 1. The third kappa shape index (κ3) is 5.75. The van der Waals surface area contributed by atoms with Crippen molar-refractivity contribution < 1.29 is 14.3 Å². The first-order valence-corrected chi connectivity index (χ1v) is 8.54. The molecule has 0 heterocycles. The number of primary amides is 1. The van der Waals surface area contributed by atoms with E-state index in [0.717, 1.165) is 5.75 Å². The van der Waals surface area contributed by atoms with Crippen LogP contribution in [0, 0.1) is 0 Å². The number of nitrogens with zero attached hydrogens (tertiary/aromatic N) is 1. The van der Waals surface area contributed by atoms with Gasteiger partial charge in [0.05, 0.1) is 6.04 Å². The lowest BCUT2D eigenvalue weighted by atomic mass is 10.2. The van der Waals surface area contributed by atoms with E-state index in [9.17, 15) is 9.59 Å². The van der Waals surface area contributed by atoms with Crippen molar-refractivity contribution in [2.45, 2.75) is 13.0 Å². The van der Waals surface area contributed by atoms with E-state index in [0.29, 0.717) is 29.4 Å². The van der Waals surface area contributed by atoms with Crippen molar-refractivity contribution in [3.05, 3.63) is 59.1 Å². The molecule has 0 bridgehead atoms. The SMILES string of the molecule is C[C@H](C(=O)Nc1ccc(C(N)=O)cc1)N(C)CCOc1ccc(Cl)cc1. The van der Waals surface area contributed by atoms with E-state index in [1.54, 1.807) is 48.5 Å². The Hall–Kier alpha value is -2.57. The Balaban J connectivity index is 1.80. The van der Waals surface area contributed by atoms with Crippen LogP contribution in [-0.2, 0) is 4.79 Å². The molecule has 0 saturated carbocycles. The molecule has 0 spiro atoms. The topological polar surface area (TPSA) is 84.7 Å². The lowest BCUT2D eigenvalue weighted by molar-refractivity contribution is -0.120. The molecule has 7 heteroatoms. The number of carbonyl (C=O) groups excluding carboxylic acids is 2. The van der Waals surface area contributed by atoms with Crippen LogP contribution in [0.2, 0.25) is 5.02 Å². The minimum Gasteiger partial charge on any atom is -0.492 e. The maximum atomic E-state index is 12.3. The summed E-state index contributed by atoms with van der Waals surface area (Å²) < 4.78 is 5.64. The molecule has 3 N–H and O–H groups in total. The molecule has 0 saturated heterocycles. The summed E-state index contributed by atoms with van der Waals surface area (Å²) in [6, 6.07) is 13.2. The molecule has 0 aliphatic rings. The third-order valence-corrected chi connectivity index (χ3v) is 4.26. The maximum absolute atomic E-state index is 12.3. The summed E-state index contributed by atoms with van der Waals surface area (Å²) in [5.74, 6) is 0.0805. The summed E-state index contributed by atoms with van der Waals surface area (Å²) in [5.41, 5.74) is 6.20. The van der Waals surface area contributed by atoms with Crippen molar-refractivity contribution >= 4 is 29.1 Å². The maximum Gasteiger partial charge on any atom is 0.248 e. The highest BCUT2D eigenvalue weighted by Crippen LogP contribution is 2.15. The summed E-state index contributed by atoms with van der Waals surface area (Å²) in [4.78, 5) is 25.3. The second-order valence-corrected chi connectivity index (χ2v) is 6.33. The van der Waals surface area contributed by atoms with Gasteiger partial charge in [-0.2, -0.15) is 0 Å². The average molecular weight is 376 g/mol. The first-order valence-electron chi connectivity index (χ1n) is 8.16. The quantitative estimate of drug-likeness (QED) is 0.743. The van der Waals surface area contributed by atoms with Crippen LogP contribution in [0.3, 0.4) is 0 Å². The lowest BCUT2D eigenvalue weighted by Gasteiger charge is -2.23. The second-order valence-electron chi connectivity index (χ2n) is 5.89. The molecule has 0 unspecified atom stereocenters. The van der Waals surface area contributed by atoms with Gasteiger partial charge < -0.3 is 15.8 Å². The number of anilines is 1. The molecule has 0 aliphatic carbocycles. The number of hydrogen-bond donors (Lipinski definition) is 2. The molecular weight excluding hydrogens is 354 g/mol. The van der Waals surface area contributed by atoms with Crippen LogP contribution in [0.4, 0.5) is 5.69 Å². The van der Waals surface area contributed by atoms with Crippen LogP contribution in [0.1, 0.15) is 17.3 Å². The van der Waals surface area contributed by atoms with E-state index in [1.807, 2.05) is 18.9 Å². The van der Waals surface area contributed by atoms with Gasteiger partial charge in [-0.1, -0.05) is 11.6 Å². The number of rotatable bonds is 8. The summed E-state index contributed by atoms with van der Waals surface area (Å²) in [7, 11) is 1.85. The Morgan fingerprint density at radius 2 is 1.77 bits per heavy atom. The second kappa shape index (κ2) is 9.22. The number of amides is 2. The number of ether oxygens (including phenoxy) is 1. The molecule has 2 amide bonds. The zero-order valence-corrected chi connectivity index (χ0v) is 15.5. The summed E-state index contributed by atoms with van der Waals surface area (Å²) in [6.07, 6.45) is 0. The van der Waals surface area contributed by atoms with Gasteiger partial charge in [-0.3, -0.25) is 14.5 Å². The van der Waals surface area contributed by atoms with Crippen molar-refractivity contribution in [1.29, 1.82) is 0 Å². The minimum atomic E-state index is -0.503. The zero-order valence-electron chi connectivity index (χ0n) is 14.7. The Morgan fingerprint density at radius 3 is 2.35 bits per heavy atom. The van der Waals surface area contributed by atoms with E-state index in [2.05, 4.69) is 5.32 Å². The zero-order chi connectivity index (χ0) is 19.1. The molecule has 6 nitrogen and oxygen atoms in total. The summed E-state index contributed by atoms with van der Waals surface area (Å²) >= 11 is 5.83. The molecule has 2 rings (SSSR count). The highest BCUT2D eigenvalue weighted by atomic mass is 35.5. The fourth-order valence-electron chi connectivity index (χ4n) is 2.20. The van der Waals surface area contributed by atoms with E-state index < -0.39 is 5.91 Å². The normalized spacial score (nSPS) is 11.8. The third-order valence-electron chi connectivity index (χ3n) is 4.00. The number of benzene rings is 2. The van der Waals surface area contributed by atoms with Gasteiger partial charge in [0, 0.05) is 22.8 Å². The Morgan fingerprint density at radius 1 is 1.15 bits per heavy atom. The monoisotopic (exact) mass is 375 g/mol. The number of hydrogen-bond acceptors (Lipinski definition) is 4. The van der Waals surface area contributed by atoms with E-state index in [1.165, 1.54) is 0 Å². The molecule has 26 heavy (non-hydrogen) atoms. The van der Waals surface area contributed by atoms with Gasteiger partial charge >= 0.3 is 0 Å². The molecule has 0 fully saturated rings. The Kier molecular flexibility index (Phi) is 7.00. The molecule has 2 aromatic rings. The van der Waals surface area contributed by atoms with Crippen LogP contribution in [0.25, 0.3) is 0 Å². The van der Waals surface area contributed by atoms with Crippen LogP contribution < -0.4 is 15.8 Å². The smallest absolute Gasteiger partial charge is 0.248 e. The number of nitrogens with two attached hydrogens (primary N) is 1. The van der Waals surface area contributed by atoms with Gasteiger partial charge in [0.25, 0.3) is 0 Å². The Labute approximate surface area is 157 Å². The van der Waals surface area contributed by atoms with Gasteiger partial charge in [-0.15, -0.1) is 0 Å². The van der Waals surface area contributed by atoms with Crippen molar-refractivity contribution in [3.63, 3.8) is 0 Å². The fraction of sp³-hybridized carbons (Fsp3) is 0.263. The van der Waals surface area contributed by atoms with Crippen molar-refractivity contribution in [1.82, 2.24) is 4.90 Å². The predicted octanol–water partition coefficient (Wildman–Crippen LogP) is 2.78. The van der Waals surface area contributed by atoms with Crippen LogP contribution in [-0.4, -0.2) is 43.0 Å². The standard InChI is InChI=1S/C19H22ClN3O3/c1-13(19(25)22-16-7-3-14(4-8-16)18(21)24)23(2)11-12-26-17-9-5-15(20)6-10-17/h3-10,13H,11-12H2,1-2H3,(H2,21,24)(H,22,25)/t13-/m1/s1. The van der Waals surface area contributed by atoms with E-state index in [4.69, 9.17) is 22.1 Å². The molecule has 0 radical (unpaired) electrons. The van der Waals surface area contributed by atoms with Crippen molar-refractivity contribution in [3.8, 4) is 5.75 Å². The highest BCUT2D eigenvalue weighted by Gasteiger charge is 2.18. The number of carbonyl (C=O) groups is 2. The van der Waals surface area contributed by atoms with Crippen molar-refractivity contribution in [2.75, 3.05) is 25.5 Å². The lowest BCUT2D eigenvalue weighted by Crippen LogP contribution is -2.41. The van der Waals surface area contributed by atoms with E-state index >= 15 is 0 Å². The molecule has 0 aromatic heterocycles. The molecule has 2 aromatic carbocycles. The van der Waals surface area contributed by atoms with Crippen molar-refractivity contribution in [2.24, 2.45) is 5.73 Å². The summed E-state index contributed by atoms with van der Waals surface area (Å²) in [6.45, 7) is 2.84. The van der Waals surface area contributed by atoms with E-state index in [-0.39, 0.29) is 11.9 Å². The van der Waals surface area contributed by atoms with Gasteiger partial charge in [0.2, 0.25) is 11.8 Å². The van der Waals surface area contributed by atoms with Crippen LogP contribution in [0.15, 0.2) is 48.5 Å². The average Bonchev–Trinajstić information content (AvgIpc) is 2.63. The first-order chi connectivity index (χ1) is 12.4. The number of nitrogens with one attached hydrogen (secondary N) is 1. The van der Waals surface area contributed by atoms with Crippen LogP contribution >= 0.6 is 11.6 Å². The summed E-state index contributed by atoms with van der Waals surface area (Å²) in [5, 5.41) is 3.47. The molecule has 0 aliphatic heterocycles. The molecule has 138 valence electrons. The minimum absolute atomic E-state index is 0.147. The van der Waals surface area contributed by atoms with Gasteiger partial charge in [-0.25, -0.2) is 0 Å². The first kappa shape index (κ1) is 19.8.